The second kappa shape index (κ2) is 59.6. The quantitative estimate of drug-likeness (QED) is 0.0281. The minimum Gasteiger partial charge on any atom is -0.457 e. The maximum absolute atomic E-state index is 12.9. The molecule has 2 atom stereocenters. The van der Waals surface area contributed by atoms with Gasteiger partial charge in [0.25, 0.3) is 0 Å². The number of rotatable bonds is 65. The van der Waals surface area contributed by atoms with Crippen LogP contribution in [-0.4, -0.2) is 75.6 Å². The third kappa shape index (κ3) is 64.2. The smallest absolute Gasteiger partial charge is 0.457 e. The van der Waals surface area contributed by atoms with Crippen molar-refractivity contribution in [2.45, 2.75) is 367 Å². The molecule has 0 radical (unpaired) electrons. The van der Waals surface area contributed by atoms with Gasteiger partial charge in [0.2, 0.25) is 0 Å². The fourth-order valence-corrected chi connectivity index (χ4v) is 11.2. The number of carbonyl (C=O) groups is 1. The Morgan fingerprint density at radius 2 is 0.613 bits per heavy atom. The van der Waals surface area contributed by atoms with E-state index in [4.69, 9.17) is 18.5 Å². The van der Waals surface area contributed by atoms with E-state index < -0.39 is 13.9 Å². The van der Waals surface area contributed by atoms with Crippen molar-refractivity contribution < 1.29 is 37.3 Å². The van der Waals surface area contributed by atoms with Crippen molar-refractivity contribution in [3.8, 4) is 0 Å². The predicted octanol–water partition coefficient (Wildman–Crippen LogP) is 21.9. The molecule has 0 rings (SSSR count). The molecule has 1 unspecified atom stereocenters. The van der Waals surface area contributed by atoms with E-state index in [2.05, 4.69) is 13.8 Å². The van der Waals surface area contributed by atoms with Crippen LogP contribution in [0.5, 0.6) is 0 Å². The molecule has 0 aliphatic rings. The van der Waals surface area contributed by atoms with E-state index >= 15 is 0 Å². The second-order valence-electron chi connectivity index (χ2n) is 24.6. The number of ether oxygens (including phenoxy) is 2. The molecular weight excluding hydrogens is 950 g/mol. The van der Waals surface area contributed by atoms with Crippen molar-refractivity contribution in [1.29, 1.82) is 0 Å². The molecule has 1 N–H and O–H groups in total. The highest BCUT2D eigenvalue weighted by atomic mass is 31.2. The molecule has 9 heteroatoms. The van der Waals surface area contributed by atoms with E-state index in [-0.39, 0.29) is 25.8 Å². The van der Waals surface area contributed by atoms with Crippen LogP contribution in [0.25, 0.3) is 0 Å². The predicted molar refractivity (Wildman–Crippen MR) is 326 cm³/mol. The lowest BCUT2D eigenvalue weighted by Crippen LogP contribution is -2.37. The van der Waals surface area contributed by atoms with Crippen molar-refractivity contribution in [2.75, 3.05) is 54.1 Å². The molecule has 0 aromatic carbocycles. The molecule has 75 heavy (non-hydrogen) atoms. The summed E-state index contributed by atoms with van der Waals surface area (Å²) in [7, 11) is 1.70. The Kier molecular flexibility index (Phi) is 59.2. The fourth-order valence-electron chi connectivity index (χ4n) is 10.5. The maximum Gasteiger partial charge on any atom is 0.472 e. The van der Waals surface area contributed by atoms with Crippen LogP contribution in [0, 0.1) is 0 Å². The topological polar surface area (TPSA) is 91.3 Å². The average Bonchev–Trinajstić information content (AvgIpc) is 3.38. The molecule has 0 amide bonds. The number of nitrogens with zero attached hydrogens (tertiary/aromatic N) is 1. The number of hydrogen-bond acceptors (Lipinski definition) is 6. The van der Waals surface area contributed by atoms with Crippen molar-refractivity contribution in [1.82, 2.24) is 0 Å². The zero-order valence-corrected chi connectivity index (χ0v) is 52.5. The monoisotopic (exact) mass is 1080 g/mol. The molecule has 0 aromatic heterocycles. The van der Waals surface area contributed by atoms with Crippen molar-refractivity contribution in [3.63, 3.8) is 0 Å². The fraction of sp³-hybridized carbons (Fsp3) is 0.985. The van der Waals surface area contributed by atoms with Gasteiger partial charge in [0.1, 0.15) is 19.3 Å². The maximum atomic E-state index is 12.9. The molecule has 0 aliphatic carbocycles. The summed E-state index contributed by atoms with van der Waals surface area (Å²) in [5, 5.41) is 0. The Hall–Kier alpha value is -0.500. The van der Waals surface area contributed by atoms with Crippen LogP contribution in [0.15, 0.2) is 0 Å². The van der Waals surface area contributed by atoms with Crippen molar-refractivity contribution in [3.05, 3.63) is 0 Å². The van der Waals surface area contributed by atoms with E-state index in [1.807, 2.05) is 21.1 Å². The standard InChI is InChI=1S/C66H134NO7P/c1-6-8-10-12-14-16-18-20-22-24-26-28-29-30-31-32-33-34-35-36-37-38-39-40-41-43-45-47-49-51-53-55-57-59-66(68)74-65(64-73-75(69,70)72-62-60-67(3,4)5)63-71-61-58-56-54-52-50-48-46-44-42-27-25-23-21-19-17-15-13-11-9-7-2/h65H,6-64H2,1-5H3/p+1/t65-/m1/s1. The van der Waals surface area contributed by atoms with Gasteiger partial charge < -0.3 is 18.9 Å². The summed E-state index contributed by atoms with van der Waals surface area (Å²) in [4.78, 5) is 23.2. The summed E-state index contributed by atoms with van der Waals surface area (Å²) in [6.45, 7) is 5.73. The van der Waals surface area contributed by atoms with Crippen LogP contribution in [-0.2, 0) is 27.9 Å². The summed E-state index contributed by atoms with van der Waals surface area (Å²) in [6.07, 6.45) is 72.1. The number of quaternary nitrogens is 1. The van der Waals surface area contributed by atoms with Gasteiger partial charge in [0.05, 0.1) is 34.4 Å². The summed E-state index contributed by atoms with van der Waals surface area (Å²) < 4.78 is 35.4. The molecule has 0 saturated carbocycles. The molecule has 0 saturated heterocycles. The minimum absolute atomic E-state index is 0.0946. The zero-order chi connectivity index (χ0) is 54.7. The number of hydrogen-bond donors (Lipinski definition) is 1. The molecule has 0 fully saturated rings. The van der Waals surface area contributed by atoms with Gasteiger partial charge in [-0.25, -0.2) is 4.57 Å². The van der Waals surface area contributed by atoms with Crippen LogP contribution < -0.4 is 0 Å². The third-order valence-electron chi connectivity index (χ3n) is 15.7. The lowest BCUT2D eigenvalue weighted by molar-refractivity contribution is -0.870. The highest BCUT2D eigenvalue weighted by Crippen LogP contribution is 2.43. The van der Waals surface area contributed by atoms with Gasteiger partial charge in [-0.2, -0.15) is 0 Å². The summed E-state index contributed by atoms with van der Waals surface area (Å²) in [6, 6.07) is 0. The van der Waals surface area contributed by atoms with Crippen LogP contribution in [0.3, 0.4) is 0 Å². The van der Waals surface area contributed by atoms with Crippen molar-refractivity contribution in [2.24, 2.45) is 0 Å². The summed E-state index contributed by atoms with van der Waals surface area (Å²) >= 11 is 0. The average molecular weight is 1090 g/mol. The van der Waals surface area contributed by atoms with Crippen LogP contribution in [0.4, 0.5) is 0 Å². The van der Waals surface area contributed by atoms with E-state index in [9.17, 15) is 14.3 Å². The summed E-state index contributed by atoms with van der Waals surface area (Å²) in [5.41, 5.74) is 0. The first-order valence-electron chi connectivity index (χ1n) is 33.8. The Morgan fingerprint density at radius 3 is 0.880 bits per heavy atom. The van der Waals surface area contributed by atoms with Crippen molar-refractivity contribution >= 4 is 13.8 Å². The van der Waals surface area contributed by atoms with Gasteiger partial charge in [-0.3, -0.25) is 13.8 Å². The number of unbranched alkanes of at least 4 members (excludes halogenated alkanes) is 51. The Bertz CT molecular complexity index is 1170. The van der Waals surface area contributed by atoms with Gasteiger partial charge in [-0.15, -0.1) is 0 Å². The largest absolute Gasteiger partial charge is 0.472 e. The van der Waals surface area contributed by atoms with E-state index in [0.29, 0.717) is 24.1 Å². The first kappa shape index (κ1) is 74.5. The molecule has 0 bridgehead atoms. The lowest BCUT2D eigenvalue weighted by Gasteiger charge is -2.24. The molecule has 450 valence electrons. The highest BCUT2D eigenvalue weighted by molar-refractivity contribution is 7.47. The lowest BCUT2D eigenvalue weighted by atomic mass is 10.0. The van der Waals surface area contributed by atoms with Crippen LogP contribution in [0.2, 0.25) is 0 Å². The highest BCUT2D eigenvalue weighted by Gasteiger charge is 2.26. The van der Waals surface area contributed by atoms with Gasteiger partial charge in [0.15, 0.2) is 0 Å². The van der Waals surface area contributed by atoms with Crippen LogP contribution in [0.1, 0.15) is 361 Å². The van der Waals surface area contributed by atoms with Gasteiger partial charge in [-0.05, 0) is 12.8 Å². The molecule has 0 heterocycles. The number of phosphoric ester groups is 1. The first-order valence-corrected chi connectivity index (χ1v) is 35.3. The number of carbonyl (C=O) groups excluding carboxylic acids is 1. The Balaban J connectivity index is 3.86. The van der Waals surface area contributed by atoms with Gasteiger partial charge in [0, 0.05) is 13.0 Å². The van der Waals surface area contributed by atoms with Gasteiger partial charge >= 0.3 is 13.8 Å². The van der Waals surface area contributed by atoms with Gasteiger partial charge in [-0.1, -0.05) is 341 Å². The van der Waals surface area contributed by atoms with E-state index in [1.165, 1.54) is 308 Å². The third-order valence-corrected chi connectivity index (χ3v) is 16.7. The number of likely N-dealkylation sites (N-methyl/N-ethyl adjacent to an activating group) is 1. The molecular formula is C66H135NO7P+. The second-order valence-corrected chi connectivity index (χ2v) is 26.0. The van der Waals surface area contributed by atoms with E-state index in [1.54, 1.807) is 0 Å². The van der Waals surface area contributed by atoms with Crippen LogP contribution >= 0.6 is 7.82 Å². The summed E-state index contributed by atoms with van der Waals surface area (Å²) in [5.74, 6) is -0.300. The first-order chi connectivity index (χ1) is 36.6. The Morgan fingerprint density at radius 1 is 0.360 bits per heavy atom. The SMILES string of the molecule is CCCCCCCCCCCCCCCCCCCCCCCCCCCCCCCCCCCC(=O)O[C@H](COCCCCCCCCCCCCCCCCCCCCCC)COP(=O)(O)OCC[N+](C)(C)C. The number of phosphoric acid groups is 1. The zero-order valence-electron chi connectivity index (χ0n) is 51.6. The minimum atomic E-state index is -4.28. The number of esters is 1. The Labute approximate surface area is 469 Å². The molecule has 0 spiro atoms. The normalized spacial score (nSPS) is 13.2. The van der Waals surface area contributed by atoms with E-state index in [0.717, 1.165) is 32.1 Å². The molecule has 0 aromatic rings. The molecule has 8 nitrogen and oxygen atoms in total. The molecule has 0 aliphatic heterocycles.